The second-order valence-electron chi connectivity index (χ2n) is 6.66. The maximum atomic E-state index is 6.03. The summed E-state index contributed by atoms with van der Waals surface area (Å²) < 4.78 is 0. The van der Waals surface area contributed by atoms with E-state index in [1.807, 2.05) is 12.1 Å². The summed E-state index contributed by atoms with van der Waals surface area (Å²) in [5.41, 5.74) is 4.01. The fraction of sp³-hybridized carbons (Fsp3) is 0.368. The molecule has 21 heavy (non-hydrogen) atoms. The van der Waals surface area contributed by atoms with Gasteiger partial charge in [-0.3, -0.25) is 0 Å². The Balaban J connectivity index is 2.17. The minimum Gasteiger partial charge on any atom is -0.305 e. The lowest BCUT2D eigenvalue weighted by atomic mass is 9.82. The second kappa shape index (κ2) is 6.64. The summed E-state index contributed by atoms with van der Waals surface area (Å²) in [5.74, 6) is 0. The first-order valence-electron chi connectivity index (χ1n) is 7.41. The number of hydrogen-bond acceptors (Lipinski definition) is 1. The molecule has 1 unspecified atom stereocenters. The van der Waals surface area contributed by atoms with E-state index in [4.69, 9.17) is 11.6 Å². The van der Waals surface area contributed by atoms with Crippen LogP contribution in [0.1, 0.15) is 43.5 Å². The number of nitrogens with one attached hydrogen (secondary N) is 1. The van der Waals surface area contributed by atoms with E-state index < -0.39 is 0 Å². The van der Waals surface area contributed by atoms with Crippen LogP contribution in [0.2, 0.25) is 5.02 Å². The third-order valence-corrected chi connectivity index (χ3v) is 4.04. The van der Waals surface area contributed by atoms with Gasteiger partial charge in [-0.1, -0.05) is 68.8 Å². The molecule has 0 aliphatic carbocycles. The Labute approximate surface area is 133 Å². The molecule has 2 rings (SSSR count). The number of hydrogen-bond donors (Lipinski definition) is 1. The molecular formula is C19H24ClN. The van der Waals surface area contributed by atoms with Crippen molar-refractivity contribution in [2.45, 2.75) is 40.3 Å². The summed E-state index contributed by atoms with van der Waals surface area (Å²) in [6, 6.07) is 17.0. The van der Waals surface area contributed by atoms with Crippen LogP contribution >= 0.6 is 11.6 Å². The van der Waals surface area contributed by atoms with Gasteiger partial charge in [0.1, 0.15) is 0 Å². The Morgan fingerprint density at radius 1 is 1.05 bits per heavy atom. The highest BCUT2D eigenvalue weighted by Crippen LogP contribution is 2.33. The van der Waals surface area contributed by atoms with Gasteiger partial charge in [0.15, 0.2) is 0 Å². The van der Waals surface area contributed by atoms with Crippen molar-refractivity contribution in [3.63, 3.8) is 0 Å². The fourth-order valence-electron chi connectivity index (χ4n) is 2.64. The second-order valence-corrected chi connectivity index (χ2v) is 7.10. The summed E-state index contributed by atoms with van der Waals surface area (Å²) in [7, 11) is 0. The van der Waals surface area contributed by atoms with Crippen LogP contribution in [0.3, 0.4) is 0 Å². The van der Waals surface area contributed by atoms with Gasteiger partial charge in [-0.05, 0) is 41.2 Å². The zero-order valence-corrected chi connectivity index (χ0v) is 14.0. The molecule has 0 heterocycles. The standard InChI is InChI=1S/C19H24ClN/c1-14-12-17(20)11-10-16(14)13-21-18(19(2,3)4)15-8-6-5-7-9-15/h5-12,18,21H,13H2,1-4H3. The van der Waals surface area contributed by atoms with Crippen LogP contribution in [0.4, 0.5) is 0 Å². The van der Waals surface area contributed by atoms with Crippen molar-refractivity contribution in [1.29, 1.82) is 0 Å². The van der Waals surface area contributed by atoms with Crippen molar-refractivity contribution in [1.82, 2.24) is 5.32 Å². The van der Waals surface area contributed by atoms with Crippen molar-refractivity contribution in [3.8, 4) is 0 Å². The molecule has 1 atom stereocenters. The van der Waals surface area contributed by atoms with Crippen LogP contribution in [0, 0.1) is 12.3 Å². The predicted molar refractivity (Wildman–Crippen MR) is 91.7 cm³/mol. The lowest BCUT2D eigenvalue weighted by Crippen LogP contribution is -2.32. The lowest BCUT2D eigenvalue weighted by molar-refractivity contribution is 0.271. The van der Waals surface area contributed by atoms with Crippen molar-refractivity contribution >= 4 is 11.6 Å². The number of halogens is 1. The van der Waals surface area contributed by atoms with Gasteiger partial charge in [0, 0.05) is 17.6 Å². The molecule has 0 radical (unpaired) electrons. The molecule has 2 aromatic carbocycles. The first-order chi connectivity index (χ1) is 9.88. The molecule has 0 aliphatic heterocycles. The molecule has 2 aromatic rings. The maximum Gasteiger partial charge on any atom is 0.0408 e. The molecule has 2 heteroatoms. The summed E-state index contributed by atoms with van der Waals surface area (Å²) in [6.07, 6.45) is 0. The van der Waals surface area contributed by atoms with Gasteiger partial charge in [0.25, 0.3) is 0 Å². The van der Waals surface area contributed by atoms with Crippen molar-refractivity contribution < 1.29 is 0 Å². The van der Waals surface area contributed by atoms with E-state index in [9.17, 15) is 0 Å². The van der Waals surface area contributed by atoms with E-state index in [0.29, 0.717) is 6.04 Å². The Morgan fingerprint density at radius 2 is 1.71 bits per heavy atom. The van der Waals surface area contributed by atoms with E-state index in [2.05, 4.69) is 69.4 Å². The van der Waals surface area contributed by atoms with E-state index >= 15 is 0 Å². The summed E-state index contributed by atoms with van der Waals surface area (Å²) >= 11 is 6.03. The van der Waals surface area contributed by atoms with Crippen LogP contribution < -0.4 is 5.32 Å². The summed E-state index contributed by atoms with van der Waals surface area (Å²) in [6.45, 7) is 9.77. The number of aryl methyl sites for hydroxylation is 1. The Kier molecular flexibility index (Phi) is 5.08. The molecule has 0 aromatic heterocycles. The quantitative estimate of drug-likeness (QED) is 0.783. The largest absolute Gasteiger partial charge is 0.305 e. The normalized spacial score (nSPS) is 13.2. The van der Waals surface area contributed by atoms with Crippen LogP contribution in [-0.2, 0) is 6.54 Å². The maximum absolute atomic E-state index is 6.03. The molecule has 0 saturated carbocycles. The van der Waals surface area contributed by atoms with Crippen molar-refractivity contribution in [2.75, 3.05) is 0 Å². The monoisotopic (exact) mass is 301 g/mol. The Hall–Kier alpha value is -1.31. The van der Waals surface area contributed by atoms with Crippen LogP contribution in [0.25, 0.3) is 0 Å². The third kappa shape index (κ3) is 4.33. The minimum atomic E-state index is 0.154. The molecule has 0 bridgehead atoms. The van der Waals surface area contributed by atoms with E-state index in [0.717, 1.165) is 11.6 Å². The summed E-state index contributed by atoms with van der Waals surface area (Å²) in [4.78, 5) is 0. The van der Waals surface area contributed by atoms with Crippen molar-refractivity contribution in [3.05, 3.63) is 70.2 Å². The predicted octanol–water partition coefficient (Wildman–Crippen LogP) is 5.53. The first-order valence-corrected chi connectivity index (χ1v) is 7.79. The zero-order chi connectivity index (χ0) is 15.5. The molecule has 0 spiro atoms. The van der Waals surface area contributed by atoms with Gasteiger partial charge in [0.05, 0.1) is 0 Å². The lowest BCUT2D eigenvalue weighted by Gasteiger charge is -2.32. The van der Waals surface area contributed by atoms with Gasteiger partial charge < -0.3 is 5.32 Å². The highest BCUT2D eigenvalue weighted by atomic mass is 35.5. The highest BCUT2D eigenvalue weighted by Gasteiger charge is 2.25. The average molecular weight is 302 g/mol. The molecule has 1 N–H and O–H groups in total. The van der Waals surface area contributed by atoms with E-state index in [1.165, 1.54) is 16.7 Å². The molecular weight excluding hydrogens is 278 g/mol. The van der Waals surface area contributed by atoms with Crippen molar-refractivity contribution in [2.24, 2.45) is 5.41 Å². The van der Waals surface area contributed by atoms with Crippen LogP contribution in [-0.4, -0.2) is 0 Å². The highest BCUT2D eigenvalue weighted by molar-refractivity contribution is 6.30. The van der Waals surface area contributed by atoms with Crippen LogP contribution in [0.15, 0.2) is 48.5 Å². The zero-order valence-electron chi connectivity index (χ0n) is 13.3. The van der Waals surface area contributed by atoms with Gasteiger partial charge in [-0.2, -0.15) is 0 Å². The topological polar surface area (TPSA) is 12.0 Å². The molecule has 0 saturated heterocycles. The number of rotatable bonds is 4. The molecule has 0 aliphatic rings. The fourth-order valence-corrected chi connectivity index (χ4v) is 2.87. The van der Waals surface area contributed by atoms with Gasteiger partial charge in [0.2, 0.25) is 0 Å². The van der Waals surface area contributed by atoms with Gasteiger partial charge in [-0.15, -0.1) is 0 Å². The smallest absolute Gasteiger partial charge is 0.0408 e. The van der Waals surface area contributed by atoms with Gasteiger partial charge in [-0.25, -0.2) is 0 Å². The molecule has 0 fully saturated rings. The summed E-state index contributed by atoms with van der Waals surface area (Å²) in [5, 5.41) is 4.51. The minimum absolute atomic E-state index is 0.154. The Morgan fingerprint density at radius 3 is 2.29 bits per heavy atom. The van der Waals surface area contributed by atoms with E-state index in [-0.39, 0.29) is 5.41 Å². The van der Waals surface area contributed by atoms with Crippen LogP contribution in [0.5, 0.6) is 0 Å². The number of benzene rings is 2. The van der Waals surface area contributed by atoms with Gasteiger partial charge >= 0.3 is 0 Å². The molecule has 0 amide bonds. The third-order valence-electron chi connectivity index (χ3n) is 3.80. The first kappa shape index (κ1) is 16.1. The molecule has 1 nitrogen and oxygen atoms in total. The van der Waals surface area contributed by atoms with E-state index in [1.54, 1.807) is 0 Å². The Bertz CT molecular complexity index is 584. The SMILES string of the molecule is Cc1cc(Cl)ccc1CNC(c1ccccc1)C(C)(C)C. The molecule has 112 valence electrons. The average Bonchev–Trinajstić information content (AvgIpc) is 2.41.